The fourth-order valence-electron chi connectivity index (χ4n) is 3.01. The molecule has 1 aliphatic heterocycles. The molecule has 3 rings (SSSR count). The minimum atomic E-state index is -0.289. The van der Waals surface area contributed by atoms with Gasteiger partial charge in [0.15, 0.2) is 11.5 Å². The molecule has 0 spiro atoms. The van der Waals surface area contributed by atoms with Crippen LogP contribution in [0.1, 0.15) is 16.7 Å². The summed E-state index contributed by atoms with van der Waals surface area (Å²) < 4.78 is 16.8. The number of urea groups is 1. The van der Waals surface area contributed by atoms with Gasteiger partial charge in [-0.25, -0.2) is 4.79 Å². The molecule has 1 heterocycles. The van der Waals surface area contributed by atoms with Crippen LogP contribution in [-0.4, -0.2) is 32.4 Å². The molecular formula is C20H24N2O4. The Morgan fingerprint density at radius 1 is 1.04 bits per heavy atom. The van der Waals surface area contributed by atoms with E-state index in [4.69, 9.17) is 14.2 Å². The minimum Gasteiger partial charge on any atom is -0.491 e. The van der Waals surface area contributed by atoms with Gasteiger partial charge in [0.1, 0.15) is 25.6 Å². The van der Waals surface area contributed by atoms with Gasteiger partial charge in [-0.2, -0.15) is 0 Å². The van der Waals surface area contributed by atoms with Crippen LogP contribution >= 0.6 is 0 Å². The van der Waals surface area contributed by atoms with Gasteiger partial charge < -0.3 is 24.8 Å². The molecule has 0 saturated carbocycles. The fourth-order valence-corrected chi connectivity index (χ4v) is 3.01. The minimum absolute atomic E-state index is 0.289. The van der Waals surface area contributed by atoms with Crippen molar-refractivity contribution < 1.29 is 19.0 Å². The summed E-state index contributed by atoms with van der Waals surface area (Å²) in [6.07, 6.45) is 0. The first-order valence-corrected chi connectivity index (χ1v) is 8.68. The van der Waals surface area contributed by atoms with E-state index in [1.807, 2.05) is 13.8 Å². The molecule has 138 valence electrons. The molecule has 1 aliphatic rings. The van der Waals surface area contributed by atoms with E-state index in [1.54, 1.807) is 18.2 Å². The Balaban J connectivity index is 1.46. The average Bonchev–Trinajstić information content (AvgIpc) is 2.60. The second kappa shape index (κ2) is 7.99. The first kappa shape index (κ1) is 17.9. The molecule has 26 heavy (non-hydrogen) atoms. The van der Waals surface area contributed by atoms with Gasteiger partial charge >= 0.3 is 6.03 Å². The van der Waals surface area contributed by atoms with Crippen LogP contribution in [0.2, 0.25) is 0 Å². The van der Waals surface area contributed by atoms with Crippen molar-refractivity contribution in [2.24, 2.45) is 0 Å². The molecule has 0 saturated heterocycles. The highest BCUT2D eigenvalue weighted by Crippen LogP contribution is 2.32. The smallest absolute Gasteiger partial charge is 0.319 e. The number of carbonyl (C=O) groups is 1. The van der Waals surface area contributed by atoms with Gasteiger partial charge in [-0.3, -0.25) is 0 Å². The molecule has 2 amide bonds. The second-order valence-corrected chi connectivity index (χ2v) is 6.32. The van der Waals surface area contributed by atoms with Crippen LogP contribution < -0.4 is 24.8 Å². The molecule has 0 aliphatic carbocycles. The number of rotatable bonds is 5. The quantitative estimate of drug-likeness (QED) is 0.804. The summed E-state index contributed by atoms with van der Waals surface area (Å²) in [4.78, 5) is 12.0. The maximum absolute atomic E-state index is 12.0. The number of carbonyl (C=O) groups excluding carboxylic acids is 1. The van der Waals surface area contributed by atoms with Gasteiger partial charge in [0.05, 0.1) is 6.54 Å². The van der Waals surface area contributed by atoms with E-state index >= 15 is 0 Å². The number of hydrogen-bond acceptors (Lipinski definition) is 4. The van der Waals surface area contributed by atoms with E-state index in [1.165, 1.54) is 5.56 Å². The van der Waals surface area contributed by atoms with Gasteiger partial charge in [-0.05, 0) is 44.0 Å². The van der Waals surface area contributed by atoms with Crippen molar-refractivity contribution in [3.8, 4) is 17.2 Å². The van der Waals surface area contributed by atoms with E-state index in [0.29, 0.717) is 43.6 Å². The van der Waals surface area contributed by atoms with Crippen LogP contribution in [-0.2, 0) is 0 Å². The molecule has 2 aromatic rings. The number of nitrogens with one attached hydrogen (secondary N) is 2. The van der Waals surface area contributed by atoms with E-state index < -0.39 is 0 Å². The highest BCUT2D eigenvalue weighted by atomic mass is 16.6. The maximum Gasteiger partial charge on any atom is 0.319 e. The Hall–Kier alpha value is -2.89. The lowest BCUT2D eigenvalue weighted by Gasteiger charge is -2.19. The van der Waals surface area contributed by atoms with Crippen molar-refractivity contribution in [1.29, 1.82) is 0 Å². The van der Waals surface area contributed by atoms with Crippen LogP contribution in [0.15, 0.2) is 30.3 Å². The first-order valence-electron chi connectivity index (χ1n) is 8.68. The molecule has 0 atom stereocenters. The van der Waals surface area contributed by atoms with E-state index in [0.717, 1.165) is 16.9 Å². The normalized spacial score (nSPS) is 12.4. The molecule has 0 unspecified atom stereocenters. The van der Waals surface area contributed by atoms with Gasteiger partial charge in [0, 0.05) is 11.8 Å². The number of benzene rings is 2. The summed E-state index contributed by atoms with van der Waals surface area (Å²) in [6, 6.07) is 9.21. The number of hydrogen-bond donors (Lipinski definition) is 2. The second-order valence-electron chi connectivity index (χ2n) is 6.32. The van der Waals surface area contributed by atoms with Crippen molar-refractivity contribution in [3.63, 3.8) is 0 Å². The monoisotopic (exact) mass is 356 g/mol. The largest absolute Gasteiger partial charge is 0.491 e. The summed E-state index contributed by atoms with van der Waals surface area (Å²) in [7, 11) is 0. The van der Waals surface area contributed by atoms with Crippen LogP contribution in [0, 0.1) is 20.8 Å². The summed E-state index contributed by atoms with van der Waals surface area (Å²) in [5.41, 5.74) is 4.06. The van der Waals surface area contributed by atoms with Crippen LogP contribution in [0.4, 0.5) is 10.5 Å². The van der Waals surface area contributed by atoms with Crippen LogP contribution in [0.25, 0.3) is 0 Å². The lowest BCUT2D eigenvalue weighted by molar-refractivity contribution is 0.171. The third-order valence-electron chi connectivity index (χ3n) is 4.04. The standard InChI is InChI=1S/C20H24N2O4/c1-13-10-14(2)19(15(3)11-13)26-7-6-21-20(23)22-16-4-5-17-18(12-16)25-9-8-24-17/h4-5,10-12H,6-9H2,1-3H3,(H2,21,22,23). The van der Waals surface area contributed by atoms with Crippen molar-refractivity contribution in [3.05, 3.63) is 47.0 Å². The molecule has 0 fully saturated rings. The summed E-state index contributed by atoms with van der Waals surface area (Å²) in [5.74, 6) is 2.21. The Morgan fingerprint density at radius 3 is 2.46 bits per heavy atom. The fraction of sp³-hybridized carbons (Fsp3) is 0.350. The Labute approximate surface area is 153 Å². The van der Waals surface area contributed by atoms with Crippen molar-refractivity contribution in [2.45, 2.75) is 20.8 Å². The van der Waals surface area contributed by atoms with E-state index in [-0.39, 0.29) is 6.03 Å². The molecule has 2 N–H and O–H groups in total. The zero-order valence-corrected chi connectivity index (χ0v) is 15.3. The molecule has 0 aromatic heterocycles. The SMILES string of the molecule is Cc1cc(C)c(OCCNC(=O)Nc2ccc3c(c2)OCCO3)c(C)c1. The highest BCUT2D eigenvalue weighted by Gasteiger charge is 2.12. The summed E-state index contributed by atoms with van der Waals surface area (Å²) >= 11 is 0. The van der Waals surface area contributed by atoms with E-state index in [9.17, 15) is 4.79 Å². The molecule has 6 nitrogen and oxygen atoms in total. The van der Waals surface area contributed by atoms with Crippen molar-refractivity contribution in [2.75, 3.05) is 31.7 Å². The van der Waals surface area contributed by atoms with E-state index in [2.05, 4.69) is 29.7 Å². The topological polar surface area (TPSA) is 68.8 Å². The van der Waals surface area contributed by atoms with Crippen molar-refractivity contribution >= 4 is 11.7 Å². The Bertz CT molecular complexity index is 781. The third-order valence-corrected chi connectivity index (χ3v) is 4.04. The van der Waals surface area contributed by atoms with Crippen LogP contribution in [0.5, 0.6) is 17.2 Å². The Morgan fingerprint density at radius 2 is 1.73 bits per heavy atom. The number of fused-ring (bicyclic) bond motifs is 1. The first-order chi connectivity index (χ1) is 12.5. The molecule has 0 radical (unpaired) electrons. The van der Waals surface area contributed by atoms with Crippen LogP contribution in [0.3, 0.4) is 0 Å². The van der Waals surface area contributed by atoms with Gasteiger partial charge in [0.25, 0.3) is 0 Å². The van der Waals surface area contributed by atoms with Gasteiger partial charge in [-0.15, -0.1) is 0 Å². The summed E-state index contributed by atoms with van der Waals surface area (Å²) in [6.45, 7) is 7.97. The zero-order chi connectivity index (χ0) is 18.5. The molecule has 2 aromatic carbocycles. The highest BCUT2D eigenvalue weighted by molar-refractivity contribution is 5.89. The van der Waals surface area contributed by atoms with Crippen molar-refractivity contribution in [1.82, 2.24) is 5.32 Å². The number of amides is 2. The molecule has 0 bridgehead atoms. The maximum atomic E-state index is 12.0. The zero-order valence-electron chi connectivity index (χ0n) is 15.3. The lowest BCUT2D eigenvalue weighted by Crippen LogP contribution is -2.32. The third kappa shape index (κ3) is 4.39. The van der Waals surface area contributed by atoms with Gasteiger partial charge in [0.2, 0.25) is 0 Å². The predicted molar refractivity (Wildman–Crippen MR) is 101 cm³/mol. The summed E-state index contributed by atoms with van der Waals surface area (Å²) in [5, 5.41) is 5.56. The predicted octanol–water partition coefficient (Wildman–Crippen LogP) is 3.58. The van der Waals surface area contributed by atoms with Gasteiger partial charge in [-0.1, -0.05) is 17.7 Å². The number of aryl methyl sites for hydroxylation is 3. The Kier molecular flexibility index (Phi) is 5.51. The molecular weight excluding hydrogens is 332 g/mol. The molecule has 6 heteroatoms. The number of anilines is 1. The average molecular weight is 356 g/mol. The lowest BCUT2D eigenvalue weighted by atomic mass is 10.1. The number of ether oxygens (including phenoxy) is 3.